The molecule has 0 amide bonds. The summed E-state index contributed by atoms with van der Waals surface area (Å²) in [6.07, 6.45) is 1.53. The average Bonchev–Trinajstić information content (AvgIpc) is 3.19. The Labute approximate surface area is 162 Å². The number of rotatable bonds is 2. The van der Waals surface area contributed by atoms with Gasteiger partial charge in [-0.25, -0.2) is 9.79 Å². The molecule has 0 N–H and O–H groups in total. The van der Waals surface area contributed by atoms with Crippen LogP contribution in [0, 0.1) is 0 Å². The maximum atomic E-state index is 12.0. The number of fused-ring (bicyclic) bond motifs is 1. The van der Waals surface area contributed by atoms with E-state index in [9.17, 15) is 4.79 Å². The van der Waals surface area contributed by atoms with Crippen molar-refractivity contribution in [3.63, 3.8) is 0 Å². The average molecular weight is 488 g/mol. The highest BCUT2D eigenvalue weighted by atomic mass is 79.9. The molecule has 1 aliphatic rings. The topological polar surface area (TPSA) is 51.8 Å². The molecule has 1 aliphatic heterocycles. The van der Waals surface area contributed by atoms with E-state index in [0.717, 1.165) is 14.6 Å². The number of benzene rings is 1. The standard InChI is InChI=1S/C16H6Br2ClNO3S/c17-7-1-3-9-11(5-7)24-14(13(9)19)15-20-10(16(21)23-15)6-8-2-4-12(18)22-8/h1-6H/b10-6+. The summed E-state index contributed by atoms with van der Waals surface area (Å²) in [7, 11) is 0. The van der Waals surface area contributed by atoms with Gasteiger partial charge in [0.05, 0.1) is 5.02 Å². The Balaban J connectivity index is 1.77. The minimum atomic E-state index is -0.535. The molecule has 0 aliphatic carbocycles. The van der Waals surface area contributed by atoms with Crippen LogP contribution in [-0.4, -0.2) is 11.9 Å². The molecular formula is C16H6Br2ClNO3S. The van der Waals surface area contributed by atoms with E-state index in [0.29, 0.717) is 20.3 Å². The molecule has 1 aromatic carbocycles. The first-order valence-corrected chi connectivity index (χ1v) is 9.45. The third kappa shape index (κ3) is 2.86. The lowest BCUT2D eigenvalue weighted by molar-refractivity contribution is -0.129. The molecule has 4 nitrogen and oxygen atoms in total. The fraction of sp³-hybridized carbons (Fsp3) is 0. The lowest BCUT2D eigenvalue weighted by atomic mass is 10.2. The zero-order valence-corrected chi connectivity index (χ0v) is 16.4. The number of carbonyl (C=O) groups is 1. The van der Waals surface area contributed by atoms with Gasteiger partial charge in [0.2, 0.25) is 5.90 Å². The first kappa shape index (κ1) is 16.1. The molecule has 0 fully saturated rings. The van der Waals surface area contributed by atoms with Gasteiger partial charge in [-0.05, 0) is 40.2 Å². The molecule has 2 aromatic heterocycles. The van der Waals surface area contributed by atoms with Gasteiger partial charge in [0.1, 0.15) is 10.6 Å². The van der Waals surface area contributed by atoms with Crippen molar-refractivity contribution in [2.24, 2.45) is 4.99 Å². The van der Waals surface area contributed by atoms with Gasteiger partial charge in [-0.3, -0.25) is 0 Å². The highest BCUT2D eigenvalue weighted by molar-refractivity contribution is 9.10. The number of esters is 1. The van der Waals surface area contributed by atoms with E-state index in [-0.39, 0.29) is 11.6 Å². The fourth-order valence-electron chi connectivity index (χ4n) is 2.22. The molecular weight excluding hydrogens is 482 g/mol. The summed E-state index contributed by atoms with van der Waals surface area (Å²) in [5.74, 6) is 0.177. The summed E-state index contributed by atoms with van der Waals surface area (Å²) in [5.41, 5.74) is 0.168. The van der Waals surface area contributed by atoms with E-state index in [1.807, 2.05) is 18.2 Å². The molecule has 120 valence electrons. The van der Waals surface area contributed by atoms with Crippen molar-refractivity contribution in [3.05, 3.63) is 60.8 Å². The van der Waals surface area contributed by atoms with E-state index in [2.05, 4.69) is 36.9 Å². The van der Waals surface area contributed by atoms with Crippen LogP contribution in [0.2, 0.25) is 5.02 Å². The van der Waals surface area contributed by atoms with Gasteiger partial charge in [-0.1, -0.05) is 33.6 Å². The fourth-order valence-corrected chi connectivity index (χ4v) is 4.53. The zero-order valence-electron chi connectivity index (χ0n) is 11.7. The molecule has 24 heavy (non-hydrogen) atoms. The first-order chi connectivity index (χ1) is 11.5. The van der Waals surface area contributed by atoms with Crippen molar-refractivity contribution in [1.29, 1.82) is 0 Å². The van der Waals surface area contributed by atoms with Gasteiger partial charge in [0, 0.05) is 20.6 Å². The quantitative estimate of drug-likeness (QED) is 0.328. The third-order valence-electron chi connectivity index (χ3n) is 3.28. The monoisotopic (exact) mass is 485 g/mol. The van der Waals surface area contributed by atoms with Crippen LogP contribution in [0.15, 0.2) is 54.6 Å². The predicted octanol–water partition coefficient (Wildman–Crippen LogP) is 6.02. The Hall–Kier alpha value is -1.41. The number of hydrogen-bond donors (Lipinski definition) is 0. The minimum absolute atomic E-state index is 0.168. The van der Waals surface area contributed by atoms with Gasteiger partial charge >= 0.3 is 5.97 Å². The molecule has 0 bridgehead atoms. The van der Waals surface area contributed by atoms with Crippen LogP contribution in [0.5, 0.6) is 0 Å². The molecule has 0 spiro atoms. The van der Waals surface area contributed by atoms with Gasteiger partial charge in [0.25, 0.3) is 0 Å². The molecule has 0 saturated carbocycles. The number of cyclic esters (lactones) is 1. The van der Waals surface area contributed by atoms with Crippen LogP contribution in [0.4, 0.5) is 0 Å². The summed E-state index contributed by atoms with van der Waals surface area (Å²) < 4.78 is 13.1. The van der Waals surface area contributed by atoms with Crippen molar-refractivity contribution in [3.8, 4) is 0 Å². The van der Waals surface area contributed by atoms with Gasteiger partial charge in [0.15, 0.2) is 10.4 Å². The Morgan fingerprint density at radius 1 is 1.21 bits per heavy atom. The zero-order chi connectivity index (χ0) is 16.8. The third-order valence-corrected chi connectivity index (χ3v) is 5.84. The summed E-state index contributed by atoms with van der Waals surface area (Å²) >= 11 is 14.5. The highest BCUT2D eigenvalue weighted by Gasteiger charge is 2.28. The number of carbonyl (C=O) groups excluding carboxylic acids is 1. The number of hydrogen-bond acceptors (Lipinski definition) is 5. The number of thiophene rings is 1. The van der Waals surface area contributed by atoms with E-state index < -0.39 is 5.97 Å². The van der Waals surface area contributed by atoms with Crippen LogP contribution in [-0.2, 0) is 9.53 Å². The van der Waals surface area contributed by atoms with Crippen molar-refractivity contribution in [2.75, 3.05) is 0 Å². The molecule has 0 unspecified atom stereocenters. The maximum absolute atomic E-state index is 12.0. The second-order valence-corrected chi connectivity index (χ2v) is 7.99. The smallest absolute Gasteiger partial charge is 0.363 e. The van der Waals surface area contributed by atoms with Gasteiger partial charge in [-0.2, -0.15) is 0 Å². The van der Waals surface area contributed by atoms with Gasteiger partial charge < -0.3 is 9.15 Å². The molecule has 3 aromatic rings. The van der Waals surface area contributed by atoms with Crippen LogP contribution in [0.25, 0.3) is 16.2 Å². The molecule has 4 rings (SSSR count). The summed E-state index contributed by atoms with van der Waals surface area (Å²) in [6, 6.07) is 9.24. The SMILES string of the molecule is O=C1OC(c2sc3cc(Br)ccc3c2Cl)=N/C1=C/c1ccc(Br)o1. The lowest BCUT2D eigenvalue weighted by Crippen LogP contribution is -2.04. The van der Waals surface area contributed by atoms with Crippen molar-refractivity contribution in [2.45, 2.75) is 0 Å². The summed E-state index contributed by atoms with van der Waals surface area (Å²) in [4.78, 5) is 16.9. The second kappa shape index (κ2) is 6.15. The minimum Gasteiger partial charge on any atom is -0.450 e. The lowest BCUT2D eigenvalue weighted by Gasteiger charge is -1.95. The Bertz CT molecular complexity index is 1050. The molecule has 0 atom stereocenters. The number of aliphatic imine (C=N–C) groups is 1. The van der Waals surface area contributed by atoms with Gasteiger partial charge in [-0.15, -0.1) is 11.3 Å². The van der Waals surface area contributed by atoms with Crippen molar-refractivity contribution in [1.82, 2.24) is 0 Å². The summed E-state index contributed by atoms with van der Waals surface area (Å²) in [5, 5.41) is 1.42. The van der Waals surface area contributed by atoms with Crippen LogP contribution in [0.1, 0.15) is 10.6 Å². The van der Waals surface area contributed by atoms with Crippen molar-refractivity contribution >= 4 is 82.8 Å². The first-order valence-electron chi connectivity index (χ1n) is 6.67. The normalized spacial score (nSPS) is 16.0. The van der Waals surface area contributed by atoms with Crippen molar-refractivity contribution < 1.29 is 13.9 Å². The Morgan fingerprint density at radius 2 is 2.04 bits per heavy atom. The van der Waals surface area contributed by atoms with E-state index in [4.69, 9.17) is 20.8 Å². The Morgan fingerprint density at radius 3 is 2.79 bits per heavy atom. The van der Waals surface area contributed by atoms with E-state index >= 15 is 0 Å². The second-order valence-electron chi connectivity index (χ2n) is 4.86. The van der Waals surface area contributed by atoms with E-state index in [1.54, 1.807) is 12.1 Å². The molecule has 0 saturated heterocycles. The molecule has 3 heterocycles. The number of furan rings is 1. The predicted molar refractivity (Wildman–Crippen MR) is 102 cm³/mol. The molecule has 0 radical (unpaired) electrons. The largest absolute Gasteiger partial charge is 0.450 e. The number of nitrogens with zero attached hydrogens (tertiary/aromatic N) is 1. The van der Waals surface area contributed by atoms with Crippen LogP contribution >= 0.6 is 54.8 Å². The summed E-state index contributed by atoms with van der Waals surface area (Å²) in [6.45, 7) is 0. The maximum Gasteiger partial charge on any atom is 0.363 e. The Kier molecular flexibility index (Phi) is 4.12. The van der Waals surface area contributed by atoms with Crippen LogP contribution < -0.4 is 0 Å². The highest BCUT2D eigenvalue weighted by Crippen LogP contribution is 2.38. The molecule has 8 heteroatoms. The van der Waals surface area contributed by atoms with E-state index in [1.165, 1.54) is 17.4 Å². The number of ether oxygens (including phenoxy) is 1. The van der Waals surface area contributed by atoms with Crippen LogP contribution in [0.3, 0.4) is 0 Å². The number of halogens is 3.